The van der Waals surface area contributed by atoms with Crippen LogP contribution in [0.15, 0.2) is 24.3 Å². The van der Waals surface area contributed by atoms with Gasteiger partial charge in [0.05, 0.1) is 5.69 Å². The minimum atomic E-state index is -0.00161. The summed E-state index contributed by atoms with van der Waals surface area (Å²) in [5.74, 6) is 0.737. The number of hydrogen-bond acceptors (Lipinski definition) is 5. The van der Waals surface area contributed by atoms with Gasteiger partial charge in [-0.2, -0.15) is 0 Å². The standard InChI is InChI=1S/C24H30N4O2S/c1-16-4-2-7-19(14-16)25-22(29)18-8-9-20-21(15-18)31-24(26-20)28-12-10-27(11-13-28)23(30)17-5-3-6-17/h2,4,7,14,17-18H,3,5-6,8-13,15H2,1H3,(H,25,29)/t18-/m1/s1. The van der Waals surface area contributed by atoms with E-state index in [1.165, 1.54) is 11.3 Å². The number of rotatable bonds is 4. The van der Waals surface area contributed by atoms with Crippen LogP contribution in [0, 0.1) is 18.8 Å². The van der Waals surface area contributed by atoms with Crippen LogP contribution in [0.2, 0.25) is 0 Å². The summed E-state index contributed by atoms with van der Waals surface area (Å²) < 4.78 is 0. The van der Waals surface area contributed by atoms with E-state index in [1.54, 1.807) is 11.3 Å². The average Bonchev–Trinajstić information content (AvgIpc) is 3.16. The Bertz CT molecular complexity index is 976. The molecule has 1 atom stereocenters. The van der Waals surface area contributed by atoms with Gasteiger partial charge in [0.15, 0.2) is 5.13 Å². The van der Waals surface area contributed by atoms with Crippen molar-refractivity contribution >= 4 is 34.0 Å². The zero-order valence-corrected chi connectivity index (χ0v) is 18.9. The first-order valence-corrected chi connectivity index (χ1v) is 12.3. The quantitative estimate of drug-likeness (QED) is 0.792. The highest BCUT2D eigenvalue weighted by Gasteiger charge is 2.33. The third-order valence-electron chi connectivity index (χ3n) is 6.90. The molecule has 1 saturated heterocycles. The van der Waals surface area contributed by atoms with Gasteiger partial charge >= 0.3 is 0 Å². The van der Waals surface area contributed by atoms with Gasteiger partial charge < -0.3 is 15.1 Å². The molecule has 31 heavy (non-hydrogen) atoms. The first-order chi connectivity index (χ1) is 15.1. The fourth-order valence-electron chi connectivity index (χ4n) is 4.72. The van der Waals surface area contributed by atoms with Gasteiger partial charge in [-0.25, -0.2) is 4.98 Å². The molecule has 0 radical (unpaired) electrons. The minimum Gasteiger partial charge on any atom is -0.345 e. The zero-order valence-electron chi connectivity index (χ0n) is 18.1. The van der Waals surface area contributed by atoms with Crippen LogP contribution in [-0.4, -0.2) is 47.9 Å². The lowest BCUT2D eigenvalue weighted by atomic mass is 9.84. The van der Waals surface area contributed by atoms with Crippen LogP contribution in [0.4, 0.5) is 10.8 Å². The highest BCUT2D eigenvalue weighted by molar-refractivity contribution is 7.15. The number of thiazole rings is 1. The normalized spacial score (nSPS) is 21.4. The van der Waals surface area contributed by atoms with Crippen LogP contribution in [0.1, 0.15) is 41.8 Å². The molecular formula is C24H30N4O2S. The van der Waals surface area contributed by atoms with E-state index in [1.807, 2.05) is 36.1 Å². The van der Waals surface area contributed by atoms with E-state index in [0.717, 1.165) is 80.4 Å². The number of aryl methyl sites for hydroxylation is 2. The Morgan fingerprint density at radius 2 is 1.90 bits per heavy atom. The summed E-state index contributed by atoms with van der Waals surface area (Å²) in [6.07, 6.45) is 5.80. The number of amides is 2. The van der Waals surface area contributed by atoms with E-state index in [0.29, 0.717) is 5.91 Å². The SMILES string of the molecule is Cc1cccc(NC(=O)[C@@H]2CCc3nc(N4CCN(C(=O)C5CCC5)CC4)sc3C2)c1. The van der Waals surface area contributed by atoms with Crippen LogP contribution in [-0.2, 0) is 22.4 Å². The molecule has 0 unspecified atom stereocenters. The Morgan fingerprint density at radius 1 is 1.10 bits per heavy atom. The predicted molar refractivity (Wildman–Crippen MR) is 124 cm³/mol. The molecule has 2 aromatic rings. The van der Waals surface area contributed by atoms with Crippen LogP contribution in [0.5, 0.6) is 0 Å². The van der Waals surface area contributed by atoms with Gasteiger partial charge in [-0.3, -0.25) is 9.59 Å². The fraction of sp³-hybridized carbons (Fsp3) is 0.542. The molecule has 2 heterocycles. The summed E-state index contributed by atoms with van der Waals surface area (Å²) in [4.78, 5) is 35.8. The second kappa shape index (κ2) is 8.61. The van der Waals surface area contributed by atoms with Gasteiger partial charge in [-0.1, -0.05) is 18.6 Å². The molecular weight excluding hydrogens is 408 g/mol. The molecule has 2 amide bonds. The predicted octanol–water partition coefficient (Wildman–Crippen LogP) is 3.64. The third-order valence-corrected chi connectivity index (χ3v) is 8.08. The second-order valence-corrected chi connectivity index (χ2v) is 10.2. The molecule has 0 spiro atoms. The van der Waals surface area contributed by atoms with E-state index >= 15 is 0 Å². The Kier molecular flexibility index (Phi) is 5.69. The Balaban J connectivity index is 1.18. The largest absolute Gasteiger partial charge is 0.345 e. The van der Waals surface area contributed by atoms with Crippen molar-refractivity contribution in [1.82, 2.24) is 9.88 Å². The topological polar surface area (TPSA) is 65.5 Å². The maximum absolute atomic E-state index is 12.8. The molecule has 7 heteroatoms. The molecule has 1 aromatic heterocycles. The van der Waals surface area contributed by atoms with Gasteiger partial charge in [0.2, 0.25) is 11.8 Å². The molecule has 2 aliphatic carbocycles. The van der Waals surface area contributed by atoms with E-state index in [-0.39, 0.29) is 17.7 Å². The molecule has 5 rings (SSSR count). The van der Waals surface area contributed by atoms with Crippen molar-refractivity contribution < 1.29 is 9.59 Å². The Labute approximate surface area is 187 Å². The van der Waals surface area contributed by atoms with E-state index in [4.69, 9.17) is 4.98 Å². The van der Waals surface area contributed by atoms with E-state index < -0.39 is 0 Å². The second-order valence-electron chi connectivity index (χ2n) is 9.10. The maximum Gasteiger partial charge on any atom is 0.227 e. The number of aromatic nitrogens is 1. The lowest BCUT2D eigenvalue weighted by Gasteiger charge is -2.38. The number of hydrogen-bond donors (Lipinski definition) is 1. The zero-order chi connectivity index (χ0) is 21.4. The van der Waals surface area contributed by atoms with Gasteiger partial charge in [0.1, 0.15) is 0 Å². The number of piperazine rings is 1. The molecule has 1 aromatic carbocycles. The fourth-order valence-corrected chi connectivity index (χ4v) is 5.96. The van der Waals surface area contributed by atoms with Crippen LogP contribution < -0.4 is 10.2 Å². The number of anilines is 2. The van der Waals surface area contributed by atoms with Gasteiger partial charge in [-0.05, 0) is 56.7 Å². The number of carbonyl (C=O) groups is 2. The number of nitrogens with one attached hydrogen (secondary N) is 1. The number of fused-ring (bicyclic) bond motifs is 1. The van der Waals surface area contributed by atoms with Crippen molar-refractivity contribution in [1.29, 1.82) is 0 Å². The van der Waals surface area contributed by atoms with Crippen molar-refractivity contribution in [3.63, 3.8) is 0 Å². The van der Waals surface area contributed by atoms with E-state index in [2.05, 4.69) is 10.2 Å². The number of nitrogens with zero attached hydrogens (tertiary/aromatic N) is 3. The molecule has 2 fully saturated rings. The van der Waals surface area contributed by atoms with Crippen LogP contribution in [0.25, 0.3) is 0 Å². The summed E-state index contributed by atoms with van der Waals surface area (Å²) in [7, 11) is 0. The third kappa shape index (κ3) is 4.33. The van der Waals surface area contributed by atoms with Crippen molar-refractivity contribution in [2.75, 3.05) is 36.4 Å². The highest BCUT2D eigenvalue weighted by Crippen LogP contribution is 2.35. The molecule has 164 valence electrons. The monoisotopic (exact) mass is 438 g/mol. The Morgan fingerprint density at radius 3 is 2.61 bits per heavy atom. The van der Waals surface area contributed by atoms with Crippen molar-refractivity contribution in [3.05, 3.63) is 40.4 Å². The molecule has 1 saturated carbocycles. The molecule has 1 N–H and O–H groups in total. The lowest BCUT2D eigenvalue weighted by molar-refractivity contribution is -0.138. The van der Waals surface area contributed by atoms with E-state index in [9.17, 15) is 9.59 Å². The molecule has 3 aliphatic rings. The molecule has 1 aliphatic heterocycles. The number of carbonyl (C=O) groups excluding carboxylic acids is 2. The highest BCUT2D eigenvalue weighted by atomic mass is 32.1. The van der Waals surface area contributed by atoms with Crippen molar-refractivity contribution in [2.45, 2.75) is 45.4 Å². The maximum atomic E-state index is 12.8. The van der Waals surface area contributed by atoms with Crippen LogP contribution in [0.3, 0.4) is 0 Å². The van der Waals surface area contributed by atoms with Gasteiger partial charge in [0, 0.05) is 48.6 Å². The first kappa shape index (κ1) is 20.5. The van der Waals surface area contributed by atoms with Crippen LogP contribution >= 0.6 is 11.3 Å². The molecule has 6 nitrogen and oxygen atoms in total. The lowest BCUT2D eigenvalue weighted by Crippen LogP contribution is -2.51. The summed E-state index contributed by atoms with van der Waals surface area (Å²) in [5, 5.41) is 4.14. The summed E-state index contributed by atoms with van der Waals surface area (Å²) in [6, 6.07) is 7.95. The van der Waals surface area contributed by atoms with Crippen molar-refractivity contribution in [3.8, 4) is 0 Å². The van der Waals surface area contributed by atoms with Gasteiger partial charge in [0.25, 0.3) is 0 Å². The minimum absolute atomic E-state index is 0.00161. The average molecular weight is 439 g/mol. The first-order valence-electron chi connectivity index (χ1n) is 11.5. The summed E-state index contributed by atoms with van der Waals surface area (Å²) >= 11 is 1.73. The van der Waals surface area contributed by atoms with Gasteiger partial charge in [-0.15, -0.1) is 11.3 Å². The summed E-state index contributed by atoms with van der Waals surface area (Å²) in [5.41, 5.74) is 3.17. The summed E-state index contributed by atoms with van der Waals surface area (Å²) in [6.45, 7) is 5.32. The van der Waals surface area contributed by atoms with Crippen molar-refractivity contribution in [2.24, 2.45) is 11.8 Å². The Hall–Kier alpha value is -2.41. The smallest absolute Gasteiger partial charge is 0.227 e. The number of benzene rings is 1. The molecule has 0 bridgehead atoms.